The molecule has 5 heteroatoms. The molecule has 0 bridgehead atoms. The van der Waals surface area contributed by atoms with E-state index in [1.807, 2.05) is 0 Å². The van der Waals surface area contributed by atoms with E-state index in [0.717, 1.165) is 12.8 Å². The van der Waals surface area contributed by atoms with Gasteiger partial charge in [0, 0.05) is 12.1 Å². The number of rotatable bonds is 2. The molecule has 0 aliphatic carbocycles. The molecule has 0 radical (unpaired) electrons. The molecule has 1 aromatic rings. The van der Waals surface area contributed by atoms with Gasteiger partial charge >= 0.3 is 5.97 Å². The molecule has 1 aliphatic heterocycles. The van der Waals surface area contributed by atoms with Crippen molar-refractivity contribution in [1.29, 1.82) is 0 Å². The second kappa shape index (κ2) is 5.38. The van der Waals surface area contributed by atoms with Crippen LogP contribution in [0.3, 0.4) is 0 Å². The molecule has 0 saturated carbocycles. The lowest BCUT2D eigenvalue weighted by molar-refractivity contribution is -0.143. The molecule has 1 unspecified atom stereocenters. The van der Waals surface area contributed by atoms with Crippen LogP contribution in [-0.2, 0) is 4.79 Å². The predicted molar refractivity (Wildman–Crippen MR) is 67.4 cm³/mol. The molecule has 0 aromatic heterocycles. The number of carboxylic acids is 1. The Morgan fingerprint density at radius 2 is 2.11 bits per heavy atom. The second-order valence-corrected chi connectivity index (χ2v) is 4.81. The van der Waals surface area contributed by atoms with Gasteiger partial charge in [0.2, 0.25) is 0 Å². The summed E-state index contributed by atoms with van der Waals surface area (Å²) in [5.74, 6) is -1.89. The maximum absolute atomic E-state index is 13.2. The summed E-state index contributed by atoms with van der Waals surface area (Å²) in [5, 5.41) is 9.16. The highest BCUT2D eigenvalue weighted by Crippen LogP contribution is 2.21. The number of hydrogen-bond acceptors (Lipinski definition) is 2. The summed E-state index contributed by atoms with van der Waals surface area (Å²) in [6, 6.07) is 3.19. The lowest BCUT2D eigenvalue weighted by Gasteiger charge is -2.33. The highest BCUT2D eigenvalue weighted by molar-refractivity contribution is 5.98. The Morgan fingerprint density at radius 3 is 2.79 bits per heavy atom. The van der Waals surface area contributed by atoms with Gasteiger partial charge in [0.1, 0.15) is 11.9 Å². The molecule has 19 heavy (non-hydrogen) atoms. The Kier molecular flexibility index (Phi) is 3.83. The molecule has 1 amide bonds. The average Bonchev–Trinajstić information content (AvgIpc) is 2.40. The highest BCUT2D eigenvalue weighted by atomic mass is 19.1. The molecule has 1 fully saturated rings. The smallest absolute Gasteiger partial charge is 0.326 e. The van der Waals surface area contributed by atoms with Crippen molar-refractivity contribution in [3.05, 3.63) is 35.1 Å². The number of likely N-dealkylation sites (tertiary alicyclic amines) is 1. The first-order chi connectivity index (χ1) is 9.00. The summed E-state index contributed by atoms with van der Waals surface area (Å²) in [4.78, 5) is 24.9. The Bertz CT molecular complexity index is 515. The fourth-order valence-corrected chi connectivity index (χ4v) is 2.41. The average molecular weight is 265 g/mol. The number of carboxylic acid groups (broad SMARTS) is 1. The molecule has 102 valence electrons. The lowest BCUT2D eigenvalue weighted by atomic mass is 9.99. The maximum atomic E-state index is 13.2. The number of halogens is 1. The Balaban J connectivity index is 2.31. The van der Waals surface area contributed by atoms with Gasteiger partial charge in [-0.05, 0) is 43.9 Å². The van der Waals surface area contributed by atoms with Crippen LogP contribution in [-0.4, -0.2) is 34.5 Å². The van der Waals surface area contributed by atoms with Gasteiger partial charge in [-0.25, -0.2) is 9.18 Å². The molecule has 1 heterocycles. The number of nitrogens with zero attached hydrogens (tertiary/aromatic N) is 1. The number of aryl methyl sites for hydroxylation is 1. The normalized spacial score (nSPS) is 19.3. The van der Waals surface area contributed by atoms with Crippen LogP contribution in [0.25, 0.3) is 0 Å². The minimum atomic E-state index is -0.998. The summed E-state index contributed by atoms with van der Waals surface area (Å²) in [5.41, 5.74) is 0.897. The second-order valence-electron chi connectivity index (χ2n) is 4.81. The molecule has 0 spiro atoms. The highest BCUT2D eigenvalue weighted by Gasteiger charge is 2.32. The fraction of sp³-hybridized carbons (Fsp3) is 0.429. The summed E-state index contributed by atoms with van der Waals surface area (Å²) in [6.45, 7) is 2.12. The molecular formula is C14H16FNO3. The first-order valence-electron chi connectivity index (χ1n) is 6.30. The van der Waals surface area contributed by atoms with Crippen molar-refractivity contribution in [1.82, 2.24) is 4.90 Å². The van der Waals surface area contributed by atoms with Crippen molar-refractivity contribution >= 4 is 11.9 Å². The zero-order valence-electron chi connectivity index (χ0n) is 10.7. The summed E-state index contributed by atoms with van der Waals surface area (Å²) < 4.78 is 13.2. The number of benzene rings is 1. The van der Waals surface area contributed by atoms with Gasteiger partial charge in [-0.15, -0.1) is 0 Å². The van der Waals surface area contributed by atoms with E-state index in [2.05, 4.69) is 0 Å². The standard InChI is InChI=1S/C14H16FNO3/c1-9-5-6-10(15)8-11(9)13(17)16-7-3-2-4-12(16)14(18)19/h5-6,8,12H,2-4,7H2,1H3,(H,18,19). The third-order valence-corrected chi connectivity index (χ3v) is 3.48. The molecule has 1 aromatic carbocycles. The Labute approximate surface area is 110 Å². The number of hydrogen-bond donors (Lipinski definition) is 1. The monoisotopic (exact) mass is 265 g/mol. The largest absolute Gasteiger partial charge is 0.480 e. The van der Waals surface area contributed by atoms with Crippen LogP contribution >= 0.6 is 0 Å². The van der Waals surface area contributed by atoms with E-state index in [1.165, 1.54) is 23.1 Å². The van der Waals surface area contributed by atoms with Crippen molar-refractivity contribution < 1.29 is 19.1 Å². The molecule has 1 aliphatic rings. The van der Waals surface area contributed by atoms with Crippen LogP contribution < -0.4 is 0 Å². The first kappa shape index (κ1) is 13.5. The molecule has 4 nitrogen and oxygen atoms in total. The molecule has 1 saturated heterocycles. The van der Waals surface area contributed by atoms with Crippen LogP contribution in [0.4, 0.5) is 4.39 Å². The van der Waals surface area contributed by atoms with Crippen LogP contribution in [0.1, 0.15) is 35.2 Å². The van der Waals surface area contributed by atoms with Gasteiger partial charge in [0.25, 0.3) is 5.91 Å². The van der Waals surface area contributed by atoms with Crippen molar-refractivity contribution in [3.8, 4) is 0 Å². The van der Waals surface area contributed by atoms with Crippen LogP contribution in [0.5, 0.6) is 0 Å². The van der Waals surface area contributed by atoms with E-state index in [4.69, 9.17) is 5.11 Å². The predicted octanol–water partition coefficient (Wildman–Crippen LogP) is 2.21. The van der Waals surface area contributed by atoms with Gasteiger partial charge in [0.05, 0.1) is 0 Å². The van der Waals surface area contributed by atoms with E-state index in [9.17, 15) is 14.0 Å². The van der Waals surface area contributed by atoms with Crippen LogP contribution in [0.15, 0.2) is 18.2 Å². The van der Waals surface area contributed by atoms with Gasteiger partial charge in [-0.1, -0.05) is 6.07 Å². The third-order valence-electron chi connectivity index (χ3n) is 3.48. The zero-order chi connectivity index (χ0) is 14.0. The zero-order valence-corrected chi connectivity index (χ0v) is 10.7. The number of amides is 1. The minimum absolute atomic E-state index is 0.244. The fourth-order valence-electron chi connectivity index (χ4n) is 2.41. The number of carbonyl (C=O) groups excluding carboxylic acids is 1. The number of carbonyl (C=O) groups is 2. The van der Waals surface area contributed by atoms with E-state index in [0.29, 0.717) is 18.5 Å². The minimum Gasteiger partial charge on any atom is -0.480 e. The van der Waals surface area contributed by atoms with E-state index >= 15 is 0 Å². The van der Waals surface area contributed by atoms with E-state index in [-0.39, 0.29) is 5.56 Å². The van der Waals surface area contributed by atoms with Crippen molar-refractivity contribution in [3.63, 3.8) is 0 Å². The lowest BCUT2D eigenvalue weighted by Crippen LogP contribution is -2.48. The molecule has 1 N–H and O–H groups in total. The Hall–Kier alpha value is -1.91. The van der Waals surface area contributed by atoms with Gasteiger partial charge in [-0.3, -0.25) is 4.79 Å². The maximum Gasteiger partial charge on any atom is 0.326 e. The van der Waals surface area contributed by atoms with Crippen molar-refractivity contribution in [2.24, 2.45) is 0 Å². The topological polar surface area (TPSA) is 57.6 Å². The molecular weight excluding hydrogens is 249 g/mol. The Morgan fingerprint density at radius 1 is 1.37 bits per heavy atom. The molecule has 1 atom stereocenters. The molecule has 2 rings (SSSR count). The van der Waals surface area contributed by atoms with Crippen molar-refractivity contribution in [2.75, 3.05) is 6.54 Å². The van der Waals surface area contributed by atoms with E-state index in [1.54, 1.807) is 6.92 Å². The van der Waals surface area contributed by atoms with Gasteiger partial charge in [0.15, 0.2) is 0 Å². The third kappa shape index (κ3) is 2.75. The summed E-state index contributed by atoms with van der Waals surface area (Å²) >= 11 is 0. The van der Waals surface area contributed by atoms with Gasteiger partial charge in [-0.2, -0.15) is 0 Å². The summed E-state index contributed by atoms with van der Waals surface area (Å²) in [7, 11) is 0. The van der Waals surface area contributed by atoms with Gasteiger partial charge < -0.3 is 10.0 Å². The first-order valence-corrected chi connectivity index (χ1v) is 6.30. The number of aliphatic carboxylic acids is 1. The SMILES string of the molecule is Cc1ccc(F)cc1C(=O)N1CCCCC1C(=O)O. The van der Waals surface area contributed by atoms with Crippen molar-refractivity contribution in [2.45, 2.75) is 32.2 Å². The number of piperidine rings is 1. The van der Waals surface area contributed by atoms with Crippen LogP contribution in [0, 0.1) is 12.7 Å². The quantitative estimate of drug-likeness (QED) is 0.892. The van der Waals surface area contributed by atoms with Crippen LogP contribution in [0.2, 0.25) is 0 Å². The summed E-state index contributed by atoms with van der Waals surface area (Å²) in [6.07, 6.45) is 2.03. The van der Waals surface area contributed by atoms with E-state index < -0.39 is 23.7 Å².